The zero-order valence-corrected chi connectivity index (χ0v) is 9.36. The van der Waals surface area contributed by atoms with Gasteiger partial charge in [-0.05, 0) is 6.07 Å². The molecule has 0 aliphatic heterocycles. The summed E-state index contributed by atoms with van der Waals surface area (Å²) in [6.45, 7) is 0.0899. The Morgan fingerprint density at radius 1 is 1.06 bits per heavy atom. The Bertz CT molecular complexity index is 585. The van der Waals surface area contributed by atoms with E-state index in [1.54, 1.807) is 24.3 Å². The first-order valence-electron chi connectivity index (χ1n) is 5.26. The molecule has 0 spiro atoms. The van der Waals surface area contributed by atoms with Crippen LogP contribution in [-0.2, 0) is 6.61 Å². The maximum absolute atomic E-state index is 12.9. The van der Waals surface area contributed by atoms with Crippen LogP contribution < -0.4 is 4.74 Å². The summed E-state index contributed by atoms with van der Waals surface area (Å²) in [7, 11) is 0. The molecule has 0 atom stereocenters. The number of rotatable bonds is 3. The molecule has 2 aromatic rings. The molecule has 0 unspecified atom stereocenters. The standard InChI is InChI=1S/C14H9F2NO/c15-12-5-13(16)7-14(6-12)18-9-11-4-2-1-3-10(11)8-17/h1-7H,9H2. The zero-order valence-electron chi connectivity index (χ0n) is 9.36. The Morgan fingerprint density at radius 3 is 2.39 bits per heavy atom. The Hall–Kier alpha value is -2.41. The lowest BCUT2D eigenvalue weighted by Gasteiger charge is -2.07. The first-order valence-corrected chi connectivity index (χ1v) is 5.26. The zero-order chi connectivity index (χ0) is 13.0. The third kappa shape index (κ3) is 2.83. The number of nitriles is 1. The number of hydrogen-bond acceptors (Lipinski definition) is 2. The summed E-state index contributed by atoms with van der Waals surface area (Å²) in [5.41, 5.74) is 1.15. The minimum atomic E-state index is -0.696. The molecule has 0 amide bonds. The van der Waals surface area contributed by atoms with Gasteiger partial charge in [0.15, 0.2) is 0 Å². The summed E-state index contributed by atoms with van der Waals surface area (Å²) in [4.78, 5) is 0. The van der Waals surface area contributed by atoms with Crippen LogP contribution in [0.3, 0.4) is 0 Å². The molecule has 18 heavy (non-hydrogen) atoms. The summed E-state index contributed by atoms with van der Waals surface area (Å²) >= 11 is 0. The molecule has 0 aromatic heterocycles. The Balaban J connectivity index is 2.14. The van der Waals surface area contributed by atoms with E-state index in [4.69, 9.17) is 10.00 Å². The molecule has 0 saturated carbocycles. The number of hydrogen-bond donors (Lipinski definition) is 0. The third-order valence-corrected chi connectivity index (χ3v) is 2.37. The van der Waals surface area contributed by atoms with Crippen LogP contribution in [0.5, 0.6) is 5.75 Å². The maximum Gasteiger partial charge on any atom is 0.129 e. The molecule has 4 heteroatoms. The van der Waals surface area contributed by atoms with Gasteiger partial charge in [-0.25, -0.2) is 8.78 Å². The minimum absolute atomic E-state index is 0.0899. The topological polar surface area (TPSA) is 33.0 Å². The van der Waals surface area contributed by atoms with E-state index in [9.17, 15) is 8.78 Å². The fraction of sp³-hybridized carbons (Fsp3) is 0.0714. The van der Waals surface area contributed by atoms with Gasteiger partial charge >= 0.3 is 0 Å². The van der Waals surface area contributed by atoms with Crippen molar-refractivity contribution in [2.75, 3.05) is 0 Å². The van der Waals surface area contributed by atoms with Crippen LogP contribution >= 0.6 is 0 Å². The van der Waals surface area contributed by atoms with Gasteiger partial charge in [0.1, 0.15) is 24.0 Å². The van der Waals surface area contributed by atoms with Crippen LogP contribution in [0, 0.1) is 23.0 Å². The van der Waals surface area contributed by atoms with Crippen LogP contribution in [0.25, 0.3) is 0 Å². The van der Waals surface area contributed by atoms with Crippen molar-refractivity contribution < 1.29 is 13.5 Å². The molecule has 2 aromatic carbocycles. The minimum Gasteiger partial charge on any atom is -0.489 e. The van der Waals surface area contributed by atoms with Gasteiger partial charge in [0.2, 0.25) is 0 Å². The monoisotopic (exact) mass is 245 g/mol. The summed E-state index contributed by atoms with van der Waals surface area (Å²) in [6.07, 6.45) is 0. The molecule has 0 aliphatic rings. The van der Waals surface area contributed by atoms with Crippen molar-refractivity contribution in [1.82, 2.24) is 0 Å². The van der Waals surface area contributed by atoms with Crippen molar-refractivity contribution in [3.63, 3.8) is 0 Å². The molecule has 0 N–H and O–H groups in total. The largest absolute Gasteiger partial charge is 0.489 e. The lowest BCUT2D eigenvalue weighted by molar-refractivity contribution is 0.302. The van der Waals surface area contributed by atoms with Crippen molar-refractivity contribution in [2.45, 2.75) is 6.61 Å². The van der Waals surface area contributed by atoms with Crippen LogP contribution in [-0.4, -0.2) is 0 Å². The van der Waals surface area contributed by atoms with Gasteiger partial charge in [0.05, 0.1) is 11.6 Å². The van der Waals surface area contributed by atoms with Crippen LogP contribution in [0.4, 0.5) is 8.78 Å². The normalized spacial score (nSPS) is 9.83. The van der Waals surface area contributed by atoms with Gasteiger partial charge in [-0.15, -0.1) is 0 Å². The maximum atomic E-state index is 12.9. The predicted molar refractivity (Wildman–Crippen MR) is 61.8 cm³/mol. The first-order chi connectivity index (χ1) is 8.69. The van der Waals surface area contributed by atoms with Gasteiger partial charge in [0.25, 0.3) is 0 Å². The lowest BCUT2D eigenvalue weighted by Crippen LogP contribution is -1.98. The Labute approximate surface area is 103 Å². The third-order valence-electron chi connectivity index (χ3n) is 2.37. The van der Waals surface area contributed by atoms with Crippen molar-refractivity contribution in [2.24, 2.45) is 0 Å². The summed E-state index contributed by atoms with van der Waals surface area (Å²) in [5.74, 6) is -1.29. The van der Waals surface area contributed by atoms with Crippen LogP contribution in [0.15, 0.2) is 42.5 Å². The second-order valence-electron chi connectivity index (χ2n) is 3.66. The molecule has 0 radical (unpaired) electrons. The van der Waals surface area contributed by atoms with Crippen LogP contribution in [0.1, 0.15) is 11.1 Å². The van der Waals surface area contributed by atoms with Gasteiger partial charge in [-0.1, -0.05) is 18.2 Å². The average molecular weight is 245 g/mol. The molecular formula is C14H9F2NO. The van der Waals surface area contributed by atoms with Gasteiger partial charge in [0, 0.05) is 23.8 Å². The highest BCUT2D eigenvalue weighted by Gasteiger charge is 2.04. The van der Waals surface area contributed by atoms with E-state index >= 15 is 0 Å². The summed E-state index contributed by atoms with van der Waals surface area (Å²) in [6, 6.07) is 11.9. The lowest BCUT2D eigenvalue weighted by atomic mass is 10.1. The highest BCUT2D eigenvalue weighted by atomic mass is 19.1. The van der Waals surface area contributed by atoms with E-state index in [1.807, 2.05) is 6.07 Å². The number of ether oxygens (including phenoxy) is 1. The van der Waals surface area contributed by atoms with Crippen molar-refractivity contribution in [1.29, 1.82) is 5.26 Å². The highest BCUT2D eigenvalue weighted by Crippen LogP contribution is 2.17. The van der Waals surface area contributed by atoms with E-state index < -0.39 is 11.6 Å². The molecule has 2 rings (SSSR count). The van der Waals surface area contributed by atoms with E-state index in [-0.39, 0.29) is 12.4 Å². The van der Waals surface area contributed by atoms with Crippen molar-refractivity contribution in [3.05, 3.63) is 65.2 Å². The molecule has 0 aliphatic carbocycles. The van der Waals surface area contributed by atoms with E-state index in [0.29, 0.717) is 11.1 Å². The molecule has 0 bridgehead atoms. The second kappa shape index (κ2) is 5.28. The highest BCUT2D eigenvalue weighted by molar-refractivity contribution is 5.37. The Kier molecular flexibility index (Phi) is 3.54. The Morgan fingerprint density at radius 2 is 1.72 bits per heavy atom. The quantitative estimate of drug-likeness (QED) is 0.830. The second-order valence-corrected chi connectivity index (χ2v) is 3.66. The number of halogens is 2. The number of nitrogens with zero attached hydrogens (tertiary/aromatic N) is 1. The SMILES string of the molecule is N#Cc1ccccc1COc1cc(F)cc(F)c1. The van der Waals surface area contributed by atoms with Gasteiger partial charge < -0.3 is 4.74 Å². The van der Waals surface area contributed by atoms with E-state index in [2.05, 4.69) is 0 Å². The smallest absolute Gasteiger partial charge is 0.129 e. The fourth-order valence-corrected chi connectivity index (χ4v) is 1.53. The average Bonchev–Trinajstić information content (AvgIpc) is 2.35. The molecule has 90 valence electrons. The fourth-order valence-electron chi connectivity index (χ4n) is 1.53. The molecule has 2 nitrogen and oxygen atoms in total. The van der Waals surface area contributed by atoms with E-state index in [1.165, 1.54) is 0 Å². The van der Waals surface area contributed by atoms with Gasteiger partial charge in [-0.2, -0.15) is 5.26 Å². The molecule has 0 heterocycles. The number of benzene rings is 2. The molecule has 0 fully saturated rings. The molecule has 0 saturated heterocycles. The summed E-state index contributed by atoms with van der Waals surface area (Å²) < 4.78 is 31.1. The predicted octanol–water partition coefficient (Wildman–Crippen LogP) is 3.42. The molecular weight excluding hydrogens is 236 g/mol. The van der Waals surface area contributed by atoms with Crippen molar-refractivity contribution in [3.8, 4) is 11.8 Å². The summed E-state index contributed by atoms with van der Waals surface area (Å²) in [5, 5.41) is 8.88. The van der Waals surface area contributed by atoms with Crippen molar-refractivity contribution >= 4 is 0 Å². The van der Waals surface area contributed by atoms with Gasteiger partial charge in [-0.3, -0.25) is 0 Å². The van der Waals surface area contributed by atoms with Crippen LogP contribution in [0.2, 0.25) is 0 Å². The van der Waals surface area contributed by atoms with E-state index in [0.717, 1.165) is 18.2 Å². The first kappa shape index (κ1) is 12.1.